The van der Waals surface area contributed by atoms with Gasteiger partial charge in [-0.15, -0.1) is 0 Å². The lowest BCUT2D eigenvalue weighted by Gasteiger charge is -2.44. The Morgan fingerprint density at radius 3 is 2.61 bits per heavy atom. The van der Waals surface area contributed by atoms with E-state index in [4.69, 9.17) is 9.97 Å². The average Bonchev–Trinajstić information content (AvgIpc) is 3.58. The second-order valence-electron chi connectivity index (χ2n) is 12.0. The monoisotopic (exact) mass is 583 g/mol. The smallest absolute Gasteiger partial charge is 0.211 e. The molecule has 5 heterocycles. The van der Waals surface area contributed by atoms with Crippen molar-refractivity contribution in [3.8, 4) is 0 Å². The van der Waals surface area contributed by atoms with Gasteiger partial charge in [-0.05, 0) is 74.8 Å². The quantitative estimate of drug-likeness (QED) is 0.281. The normalized spacial score (nSPS) is 19.2. The van der Waals surface area contributed by atoms with Crippen LogP contribution in [-0.2, 0) is 17.4 Å². The molecule has 0 amide bonds. The van der Waals surface area contributed by atoms with Crippen LogP contribution < -0.4 is 9.62 Å². The maximum absolute atomic E-state index is 13.3. The molecule has 8 nitrogen and oxygen atoms in total. The van der Waals surface area contributed by atoms with E-state index in [9.17, 15) is 4.21 Å². The lowest BCUT2D eigenvalue weighted by atomic mass is 9.73. The number of rotatable bonds is 5. The Labute approximate surface area is 246 Å². The topological polar surface area (TPSA) is 88.3 Å². The number of anilines is 1. The summed E-state index contributed by atoms with van der Waals surface area (Å²) in [5, 5.41) is 0. The van der Waals surface area contributed by atoms with Crippen LogP contribution in [0.5, 0.6) is 0 Å². The minimum absolute atomic E-state index is 0.0281. The number of pyridine rings is 2. The Hall–Kier alpha value is -3.34. The lowest BCUT2D eigenvalue weighted by Crippen LogP contribution is -2.48. The summed E-state index contributed by atoms with van der Waals surface area (Å²) in [5.74, 6) is 0.910. The molecule has 1 spiro atoms. The molecule has 1 N–H and O–H groups in total. The van der Waals surface area contributed by atoms with E-state index in [0.717, 1.165) is 64.8 Å². The number of hydrogen-bond acceptors (Lipinski definition) is 7. The number of nitrogens with one attached hydrogen (secondary N) is 1. The predicted molar refractivity (Wildman–Crippen MR) is 164 cm³/mol. The van der Waals surface area contributed by atoms with Crippen LogP contribution in [-0.4, -0.2) is 46.4 Å². The largest absolute Gasteiger partial charge is 0.342 e. The van der Waals surface area contributed by atoms with Crippen molar-refractivity contribution in [2.24, 2.45) is 5.41 Å². The molecule has 0 saturated carbocycles. The first-order valence-corrected chi connectivity index (χ1v) is 16.0. The molecule has 41 heavy (non-hydrogen) atoms. The van der Waals surface area contributed by atoms with Gasteiger partial charge >= 0.3 is 0 Å². The van der Waals surface area contributed by atoms with Gasteiger partial charge in [-0.2, -0.15) is 0 Å². The summed E-state index contributed by atoms with van der Waals surface area (Å²) in [6, 6.07) is 14.6. The van der Waals surface area contributed by atoms with Crippen LogP contribution >= 0.6 is 11.8 Å². The summed E-state index contributed by atoms with van der Waals surface area (Å²) in [6.07, 6.45) is 12.4. The fourth-order valence-corrected chi connectivity index (χ4v) is 8.14. The molecule has 2 aliphatic rings. The lowest BCUT2D eigenvalue weighted by molar-refractivity contribution is 0.177. The summed E-state index contributed by atoms with van der Waals surface area (Å²) in [5.41, 5.74) is 5.34. The highest BCUT2D eigenvalue weighted by Crippen LogP contribution is 2.52. The Kier molecular flexibility index (Phi) is 6.59. The molecule has 10 heteroatoms. The summed E-state index contributed by atoms with van der Waals surface area (Å²) in [4.78, 5) is 23.1. The van der Waals surface area contributed by atoms with Crippen LogP contribution in [0, 0.1) is 5.41 Å². The molecular formula is C31H33N7OS2. The van der Waals surface area contributed by atoms with Crippen molar-refractivity contribution in [1.29, 1.82) is 0 Å². The molecule has 0 radical (unpaired) electrons. The Bertz CT molecular complexity index is 1770. The molecule has 1 saturated heterocycles. The van der Waals surface area contributed by atoms with Gasteiger partial charge in [-0.3, -0.25) is 14.4 Å². The van der Waals surface area contributed by atoms with Gasteiger partial charge in [0.15, 0.2) is 5.65 Å². The van der Waals surface area contributed by atoms with Gasteiger partial charge < -0.3 is 4.90 Å². The second kappa shape index (κ2) is 10.2. The first kappa shape index (κ1) is 26.6. The number of benzene rings is 1. The summed E-state index contributed by atoms with van der Waals surface area (Å²) < 4.78 is 18.6. The third-order valence-electron chi connectivity index (χ3n) is 8.40. The molecule has 0 bridgehead atoms. The van der Waals surface area contributed by atoms with Crippen molar-refractivity contribution in [2.75, 3.05) is 18.0 Å². The van der Waals surface area contributed by atoms with Crippen LogP contribution in [0.4, 0.5) is 5.95 Å². The second-order valence-corrected chi connectivity index (χ2v) is 15.1. The molecule has 1 fully saturated rings. The number of fused-ring (bicyclic) bond motifs is 3. The van der Waals surface area contributed by atoms with E-state index < -0.39 is 11.0 Å². The Balaban J connectivity index is 1.15. The number of aromatic nitrogens is 5. The van der Waals surface area contributed by atoms with E-state index >= 15 is 0 Å². The molecule has 2 atom stereocenters. The van der Waals surface area contributed by atoms with Gasteiger partial charge in [0, 0.05) is 49.0 Å². The molecule has 4 aromatic heterocycles. The summed E-state index contributed by atoms with van der Waals surface area (Å²) in [6.45, 7) is 7.84. The molecule has 1 aliphatic carbocycles. The van der Waals surface area contributed by atoms with Gasteiger partial charge in [0.1, 0.15) is 5.52 Å². The van der Waals surface area contributed by atoms with E-state index in [1.165, 1.54) is 11.1 Å². The average molecular weight is 584 g/mol. The highest BCUT2D eigenvalue weighted by molar-refractivity contribution is 7.99. The minimum Gasteiger partial charge on any atom is -0.342 e. The van der Waals surface area contributed by atoms with Gasteiger partial charge in [0.25, 0.3) is 0 Å². The van der Waals surface area contributed by atoms with Crippen molar-refractivity contribution < 1.29 is 4.21 Å². The molecule has 0 unspecified atom stereocenters. The van der Waals surface area contributed by atoms with Gasteiger partial charge in [-0.25, -0.2) is 18.9 Å². The van der Waals surface area contributed by atoms with E-state index in [-0.39, 0.29) is 16.2 Å². The van der Waals surface area contributed by atoms with Crippen LogP contribution in [0.15, 0.2) is 83.2 Å². The molecule has 1 aromatic carbocycles. The van der Waals surface area contributed by atoms with E-state index in [0.29, 0.717) is 0 Å². The van der Waals surface area contributed by atoms with Crippen molar-refractivity contribution in [2.45, 2.75) is 60.6 Å². The zero-order valence-electron chi connectivity index (χ0n) is 23.4. The van der Waals surface area contributed by atoms with E-state index in [1.54, 1.807) is 18.0 Å². The third kappa shape index (κ3) is 4.71. The molecule has 1 aliphatic heterocycles. The maximum Gasteiger partial charge on any atom is 0.211 e. The van der Waals surface area contributed by atoms with Gasteiger partial charge in [0.05, 0.1) is 32.2 Å². The van der Waals surface area contributed by atoms with Crippen molar-refractivity contribution >= 4 is 45.4 Å². The first-order chi connectivity index (χ1) is 19.8. The summed E-state index contributed by atoms with van der Waals surface area (Å²) in [7, 11) is -1.15. The van der Waals surface area contributed by atoms with Crippen molar-refractivity contribution in [3.05, 3.63) is 84.6 Å². The van der Waals surface area contributed by atoms with Crippen LogP contribution in [0.2, 0.25) is 0 Å². The minimum atomic E-state index is -1.15. The van der Waals surface area contributed by atoms with Crippen LogP contribution in [0.1, 0.15) is 50.8 Å². The number of hydrogen-bond donors (Lipinski definition) is 1. The zero-order valence-corrected chi connectivity index (χ0v) is 25.1. The zero-order chi connectivity index (χ0) is 28.2. The van der Waals surface area contributed by atoms with E-state index in [1.807, 2.05) is 63.8 Å². The third-order valence-corrected chi connectivity index (χ3v) is 11.0. The Morgan fingerprint density at radius 1 is 0.951 bits per heavy atom. The summed E-state index contributed by atoms with van der Waals surface area (Å²) >= 11 is 1.62. The number of nitrogens with zero attached hydrogens (tertiary/aromatic N) is 6. The maximum atomic E-state index is 13.3. The van der Waals surface area contributed by atoms with Gasteiger partial charge in [-0.1, -0.05) is 36.0 Å². The molecule has 7 rings (SSSR count). The Morgan fingerprint density at radius 2 is 1.78 bits per heavy atom. The van der Waals surface area contributed by atoms with Gasteiger partial charge in [0.2, 0.25) is 5.95 Å². The van der Waals surface area contributed by atoms with Crippen molar-refractivity contribution in [3.63, 3.8) is 0 Å². The first-order valence-electron chi connectivity index (χ1n) is 14.0. The van der Waals surface area contributed by atoms with Crippen LogP contribution in [0.3, 0.4) is 0 Å². The highest BCUT2D eigenvalue weighted by atomic mass is 32.2. The fraction of sp³-hybridized carbons (Fsp3) is 0.355. The van der Waals surface area contributed by atoms with Crippen LogP contribution in [0.25, 0.3) is 16.7 Å². The fourth-order valence-electron chi connectivity index (χ4n) is 6.22. The molecular weight excluding hydrogens is 551 g/mol. The van der Waals surface area contributed by atoms with Crippen molar-refractivity contribution in [1.82, 2.24) is 29.1 Å². The number of imidazole rings is 1. The SMILES string of the molecule is CC(C)(C)[S@@](=O)N[C@@H]1c2ccccc2CC12CCN(c1ncc(Sc3ccnc4cccnc34)c3nccn13)CC2. The highest BCUT2D eigenvalue weighted by Gasteiger charge is 2.49. The predicted octanol–water partition coefficient (Wildman–Crippen LogP) is 5.76. The number of piperidine rings is 1. The van der Waals surface area contributed by atoms with E-state index in [2.05, 4.69) is 48.3 Å². The molecule has 210 valence electrons. The molecule has 5 aromatic rings. The standard InChI is InChI=1S/C31H33N7OS2/c1-30(2,3)41(39)36-27-22-8-5-4-7-21(22)19-31(27)11-16-37(17-12-31)29-35-20-25(28-34-15-18-38(28)29)40-24-10-14-32-23-9-6-13-33-26(23)24/h4-10,13-15,18,20,27,36H,11-12,16-17,19H2,1-3H3/t27-,41-/m1/s1.